The second kappa shape index (κ2) is 10.6. The van der Waals surface area contributed by atoms with Crippen molar-refractivity contribution in [2.75, 3.05) is 12.8 Å². The van der Waals surface area contributed by atoms with Crippen molar-refractivity contribution in [3.05, 3.63) is 54.1 Å². The largest absolute Gasteiger partial charge is 0.407 e. The molecular weight excluding hydrogens is 472 g/mol. The smallest absolute Gasteiger partial charge is 0.344 e. The normalized spacial score (nSPS) is 14.2. The maximum Gasteiger partial charge on any atom is 0.407 e. The van der Waals surface area contributed by atoms with Crippen molar-refractivity contribution in [3.63, 3.8) is 0 Å². The third-order valence-electron chi connectivity index (χ3n) is 4.93. The number of amides is 1. The van der Waals surface area contributed by atoms with Crippen molar-refractivity contribution in [1.82, 2.24) is 10.6 Å². The molecule has 0 radical (unpaired) electrons. The van der Waals surface area contributed by atoms with Gasteiger partial charge >= 0.3 is 6.18 Å². The maximum atomic E-state index is 14.2. The highest BCUT2D eigenvalue weighted by Crippen LogP contribution is 2.35. The van der Waals surface area contributed by atoms with E-state index < -0.39 is 46.1 Å². The number of carbonyl (C=O) groups is 1. The van der Waals surface area contributed by atoms with E-state index in [-0.39, 0.29) is 17.0 Å². The minimum atomic E-state index is -4.77. The van der Waals surface area contributed by atoms with E-state index in [0.717, 1.165) is 6.26 Å². The van der Waals surface area contributed by atoms with Crippen LogP contribution in [0.1, 0.15) is 31.9 Å². The van der Waals surface area contributed by atoms with Crippen molar-refractivity contribution in [2.45, 2.75) is 49.1 Å². The molecule has 34 heavy (non-hydrogen) atoms. The Kier molecular flexibility index (Phi) is 8.50. The molecule has 0 fully saturated rings. The summed E-state index contributed by atoms with van der Waals surface area (Å²) in [6, 6.07) is 7.63. The summed E-state index contributed by atoms with van der Waals surface area (Å²) >= 11 is 0. The van der Waals surface area contributed by atoms with Crippen molar-refractivity contribution in [2.24, 2.45) is 0 Å². The quantitative estimate of drug-likeness (QED) is 0.401. The number of halogens is 4. The first kappa shape index (κ1) is 27.3. The van der Waals surface area contributed by atoms with Crippen molar-refractivity contribution >= 4 is 15.7 Å². The molecule has 2 N–H and O–H groups in total. The number of terminal acetylenes is 1. The number of hydrogen-bond donors (Lipinski definition) is 2. The summed E-state index contributed by atoms with van der Waals surface area (Å²) in [5.74, 6) is 1.32. The van der Waals surface area contributed by atoms with Gasteiger partial charge in [-0.05, 0) is 42.7 Å². The summed E-state index contributed by atoms with van der Waals surface area (Å²) in [6.07, 6.45) is 0.890. The lowest BCUT2D eigenvalue weighted by molar-refractivity contribution is -0.161. The molecule has 0 heterocycles. The molecule has 0 aromatic heterocycles. The highest BCUT2D eigenvalue weighted by molar-refractivity contribution is 7.90. The molecule has 0 saturated carbocycles. The van der Waals surface area contributed by atoms with Gasteiger partial charge in [0.2, 0.25) is 5.91 Å². The van der Waals surface area contributed by atoms with Gasteiger partial charge in [-0.1, -0.05) is 42.3 Å². The third kappa shape index (κ3) is 7.85. The summed E-state index contributed by atoms with van der Waals surface area (Å²) in [7, 11) is -3.38. The second-order valence-corrected chi connectivity index (χ2v) is 10.5. The van der Waals surface area contributed by atoms with Crippen LogP contribution >= 0.6 is 0 Å². The van der Waals surface area contributed by atoms with Crippen LogP contribution in [0.15, 0.2) is 53.4 Å². The maximum absolute atomic E-state index is 14.2. The summed E-state index contributed by atoms with van der Waals surface area (Å²) in [5, 5.41) is 4.54. The van der Waals surface area contributed by atoms with Crippen LogP contribution < -0.4 is 10.6 Å². The Morgan fingerprint density at radius 2 is 1.50 bits per heavy atom. The number of nitrogens with one attached hydrogen (secondary N) is 2. The van der Waals surface area contributed by atoms with Gasteiger partial charge in [-0.3, -0.25) is 10.1 Å². The van der Waals surface area contributed by atoms with Crippen LogP contribution in [-0.2, 0) is 14.6 Å². The van der Waals surface area contributed by atoms with E-state index in [1.165, 1.54) is 50.2 Å². The first-order valence-electron chi connectivity index (χ1n) is 10.2. The number of hydrogen-bond acceptors (Lipinski definition) is 4. The predicted molar refractivity (Wildman–Crippen MR) is 122 cm³/mol. The van der Waals surface area contributed by atoms with Crippen LogP contribution in [0, 0.1) is 12.3 Å². The van der Waals surface area contributed by atoms with Crippen molar-refractivity contribution in [3.8, 4) is 23.5 Å². The van der Waals surface area contributed by atoms with Crippen molar-refractivity contribution in [1.29, 1.82) is 0 Å². The molecule has 2 atom stereocenters. The Labute approximate surface area is 196 Å². The van der Waals surface area contributed by atoms with E-state index >= 15 is 0 Å². The average Bonchev–Trinajstić information content (AvgIpc) is 2.73. The topological polar surface area (TPSA) is 75.3 Å². The van der Waals surface area contributed by atoms with Crippen LogP contribution in [-0.4, -0.2) is 45.0 Å². The molecule has 2 unspecified atom stereocenters. The summed E-state index contributed by atoms with van der Waals surface area (Å²) in [5.41, 5.74) is -0.905. The molecule has 0 spiro atoms. The van der Waals surface area contributed by atoms with E-state index in [9.17, 15) is 30.8 Å². The predicted octanol–water partition coefficient (Wildman–Crippen LogP) is 4.21. The lowest BCUT2D eigenvalue weighted by atomic mass is 9.96. The van der Waals surface area contributed by atoms with Gasteiger partial charge in [-0.25, -0.2) is 12.8 Å². The molecule has 10 heteroatoms. The van der Waals surface area contributed by atoms with E-state index in [0.29, 0.717) is 11.1 Å². The fourth-order valence-corrected chi connectivity index (χ4v) is 3.95. The zero-order valence-corrected chi connectivity index (χ0v) is 19.7. The number of benzene rings is 2. The number of rotatable bonds is 9. The molecule has 2 aromatic rings. The molecular formula is C24H26F4N2O3S. The molecule has 5 nitrogen and oxygen atoms in total. The van der Waals surface area contributed by atoms with Crippen LogP contribution in [0.4, 0.5) is 17.6 Å². The molecule has 2 aromatic carbocycles. The molecule has 1 amide bonds. The molecule has 0 bridgehead atoms. The minimum absolute atomic E-state index is 0.124. The van der Waals surface area contributed by atoms with Gasteiger partial charge in [-0.2, -0.15) is 13.2 Å². The number of carbonyl (C=O) groups excluding carboxylic acids is 1. The van der Waals surface area contributed by atoms with Crippen LogP contribution in [0.5, 0.6) is 0 Å². The Morgan fingerprint density at radius 1 is 1.00 bits per heavy atom. The molecule has 0 aliphatic rings. The van der Waals surface area contributed by atoms with Gasteiger partial charge in [0.15, 0.2) is 9.84 Å². The minimum Gasteiger partial charge on any atom is -0.344 e. The van der Waals surface area contributed by atoms with E-state index in [1.807, 2.05) is 0 Å². The van der Waals surface area contributed by atoms with Crippen LogP contribution in [0.3, 0.4) is 0 Å². The van der Waals surface area contributed by atoms with Gasteiger partial charge in [0.05, 0.1) is 17.5 Å². The Bertz CT molecular complexity index is 1130. The molecule has 0 aliphatic heterocycles. The van der Waals surface area contributed by atoms with Gasteiger partial charge in [0.1, 0.15) is 11.7 Å². The summed E-state index contributed by atoms with van der Waals surface area (Å²) in [4.78, 5) is 12.5. The van der Waals surface area contributed by atoms with Gasteiger partial charge < -0.3 is 5.32 Å². The fraction of sp³-hybridized carbons (Fsp3) is 0.375. The number of alkyl halides is 4. The Morgan fingerprint density at radius 3 is 1.91 bits per heavy atom. The second-order valence-electron chi connectivity index (χ2n) is 8.46. The first-order valence-corrected chi connectivity index (χ1v) is 12.1. The van der Waals surface area contributed by atoms with E-state index in [2.05, 4.69) is 16.6 Å². The monoisotopic (exact) mass is 498 g/mol. The van der Waals surface area contributed by atoms with Crippen LogP contribution in [0.25, 0.3) is 11.1 Å². The molecule has 0 saturated heterocycles. The summed E-state index contributed by atoms with van der Waals surface area (Å²) < 4.78 is 79.2. The fourth-order valence-electron chi connectivity index (χ4n) is 3.32. The van der Waals surface area contributed by atoms with Crippen LogP contribution in [0.2, 0.25) is 0 Å². The Balaban J connectivity index is 2.33. The van der Waals surface area contributed by atoms with Gasteiger partial charge in [0, 0.05) is 12.7 Å². The highest BCUT2D eigenvalue weighted by atomic mass is 32.2. The zero-order valence-electron chi connectivity index (χ0n) is 18.9. The standard InChI is InChI=1S/C24H26F4N2O3S/c1-5-14-29-22(31)20(15-23(2,3)25)30-21(24(26,27)28)18-8-6-16(7-9-18)17-10-12-19(13-11-17)34(4,32)33/h1,6-13,20-21,30H,14-15H2,2-4H3,(H,29,31). The zero-order chi connectivity index (χ0) is 25.7. The van der Waals surface area contributed by atoms with Gasteiger partial charge in [0.25, 0.3) is 0 Å². The van der Waals surface area contributed by atoms with E-state index in [1.54, 1.807) is 12.1 Å². The lowest BCUT2D eigenvalue weighted by Crippen LogP contribution is -2.51. The summed E-state index contributed by atoms with van der Waals surface area (Å²) in [6.45, 7) is 2.14. The van der Waals surface area contributed by atoms with Crippen molar-refractivity contribution < 1.29 is 30.8 Å². The van der Waals surface area contributed by atoms with Gasteiger partial charge in [-0.15, -0.1) is 6.42 Å². The lowest BCUT2D eigenvalue weighted by Gasteiger charge is -2.29. The average molecular weight is 499 g/mol. The molecule has 0 aliphatic carbocycles. The Hall–Kier alpha value is -2.90. The van der Waals surface area contributed by atoms with E-state index in [4.69, 9.17) is 6.42 Å². The third-order valence-corrected chi connectivity index (χ3v) is 6.05. The number of sulfone groups is 1. The first-order chi connectivity index (χ1) is 15.6. The molecule has 184 valence electrons. The highest BCUT2D eigenvalue weighted by Gasteiger charge is 2.43. The molecule has 2 rings (SSSR count). The SMILES string of the molecule is C#CCNC(=O)C(CC(C)(C)F)NC(c1ccc(-c2ccc(S(C)(=O)=O)cc2)cc1)C(F)(F)F.